The zero-order chi connectivity index (χ0) is 31.4. The Balaban J connectivity index is 1.61. The first-order valence-corrected chi connectivity index (χ1v) is 15.7. The van der Waals surface area contributed by atoms with Crippen LogP contribution in [0.4, 0.5) is 0 Å². The number of thiazole rings is 1. The van der Waals surface area contributed by atoms with Crippen molar-refractivity contribution in [1.29, 1.82) is 0 Å². The van der Waals surface area contributed by atoms with E-state index < -0.39 is 12.0 Å². The molecule has 0 spiro atoms. The van der Waals surface area contributed by atoms with Crippen molar-refractivity contribution < 1.29 is 19.0 Å². The van der Waals surface area contributed by atoms with E-state index in [1.807, 2.05) is 36.4 Å². The van der Waals surface area contributed by atoms with Crippen molar-refractivity contribution in [2.75, 3.05) is 13.7 Å². The Morgan fingerprint density at radius 2 is 1.84 bits per heavy atom. The molecule has 0 aliphatic carbocycles. The number of aromatic nitrogens is 1. The van der Waals surface area contributed by atoms with Crippen molar-refractivity contribution in [3.63, 3.8) is 0 Å². The molecule has 3 aromatic carbocycles. The van der Waals surface area contributed by atoms with Crippen LogP contribution in [-0.4, -0.2) is 24.3 Å². The van der Waals surface area contributed by atoms with Gasteiger partial charge in [-0.25, -0.2) is 9.79 Å². The van der Waals surface area contributed by atoms with E-state index in [2.05, 4.69) is 18.8 Å². The highest BCUT2D eigenvalue weighted by Crippen LogP contribution is 2.36. The number of methoxy groups -OCH3 is 1. The first-order chi connectivity index (χ1) is 21.2. The van der Waals surface area contributed by atoms with Crippen LogP contribution in [-0.2, 0) is 16.1 Å². The summed E-state index contributed by atoms with van der Waals surface area (Å²) in [5.74, 6) is 0.997. The Bertz CT molecular complexity index is 1900. The third-order valence-electron chi connectivity index (χ3n) is 7.16. The Morgan fingerprint density at radius 3 is 2.55 bits per heavy atom. The number of ether oxygens (including phenoxy) is 3. The molecule has 0 bridgehead atoms. The summed E-state index contributed by atoms with van der Waals surface area (Å²) in [6, 6.07) is 19.1. The summed E-state index contributed by atoms with van der Waals surface area (Å²) in [6.45, 7) is 6.63. The van der Waals surface area contributed by atoms with Crippen molar-refractivity contribution in [3.05, 3.63) is 124 Å². The molecular weight excluding hydrogens is 619 g/mol. The summed E-state index contributed by atoms with van der Waals surface area (Å²) in [7, 11) is 1.56. The predicted molar refractivity (Wildman–Crippen MR) is 174 cm³/mol. The number of carbonyl (C=O) groups is 1. The fourth-order valence-corrected chi connectivity index (χ4v) is 6.34. The van der Waals surface area contributed by atoms with Gasteiger partial charge in [0.05, 0.1) is 35.6 Å². The van der Waals surface area contributed by atoms with E-state index in [-0.39, 0.29) is 17.7 Å². The molecule has 1 unspecified atom stereocenters. The van der Waals surface area contributed by atoms with Gasteiger partial charge in [-0.3, -0.25) is 9.36 Å². The lowest BCUT2D eigenvalue weighted by Gasteiger charge is -2.25. The van der Waals surface area contributed by atoms with Gasteiger partial charge in [-0.2, -0.15) is 0 Å². The molecule has 44 heavy (non-hydrogen) atoms. The summed E-state index contributed by atoms with van der Waals surface area (Å²) in [5, 5.41) is 0.910. The molecule has 5 rings (SSSR count). The summed E-state index contributed by atoms with van der Waals surface area (Å²) < 4.78 is 19.4. The van der Waals surface area contributed by atoms with Crippen LogP contribution in [0.3, 0.4) is 0 Å². The third kappa shape index (κ3) is 6.93. The number of benzene rings is 3. The second-order valence-electron chi connectivity index (χ2n) is 10.8. The van der Waals surface area contributed by atoms with Gasteiger partial charge in [0.2, 0.25) is 0 Å². The standard InChI is InChI=1S/C34H32Cl2N2O5S/c1-20(2)14-15-42-27-13-11-24(16-28(27)41-4)31-30(33(40)43-19-22-8-6-5-7-9-22)21(3)37-34-38(31)32(39)29(44-34)17-23-10-12-25(35)18-26(23)36/h5-13,16-18,20,31H,14-15,19H2,1-4H3. The highest BCUT2D eigenvalue weighted by atomic mass is 35.5. The summed E-state index contributed by atoms with van der Waals surface area (Å²) >= 11 is 13.7. The van der Waals surface area contributed by atoms with Gasteiger partial charge in [-0.15, -0.1) is 0 Å². The molecular formula is C34H32Cl2N2O5S. The SMILES string of the molecule is COc1cc(C2C(C(=O)OCc3ccccc3)=C(C)N=c3sc(=Cc4ccc(Cl)cc4Cl)c(=O)n32)ccc1OCCC(C)C. The fourth-order valence-electron chi connectivity index (χ4n) is 4.84. The molecule has 0 saturated heterocycles. The molecule has 10 heteroatoms. The molecule has 1 aliphatic rings. The molecule has 0 amide bonds. The van der Waals surface area contributed by atoms with E-state index in [9.17, 15) is 9.59 Å². The van der Waals surface area contributed by atoms with E-state index in [1.54, 1.807) is 50.4 Å². The van der Waals surface area contributed by atoms with Crippen LogP contribution in [0.25, 0.3) is 6.08 Å². The van der Waals surface area contributed by atoms with Gasteiger partial charge in [0.15, 0.2) is 16.3 Å². The van der Waals surface area contributed by atoms with Crippen molar-refractivity contribution in [2.45, 2.75) is 39.8 Å². The quantitative estimate of drug-likeness (QED) is 0.178. The number of nitrogens with zero attached hydrogens (tertiary/aromatic N) is 2. The number of fused-ring (bicyclic) bond motifs is 1. The zero-order valence-electron chi connectivity index (χ0n) is 24.8. The summed E-state index contributed by atoms with van der Waals surface area (Å²) in [5.41, 5.74) is 2.54. The van der Waals surface area contributed by atoms with E-state index in [1.165, 1.54) is 15.9 Å². The summed E-state index contributed by atoms with van der Waals surface area (Å²) in [4.78, 5) is 32.9. The predicted octanol–water partition coefficient (Wildman–Crippen LogP) is 6.72. The molecule has 1 aromatic heterocycles. The maximum Gasteiger partial charge on any atom is 0.338 e. The Kier molecular flexibility index (Phi) is 9.93. The molecule has 0 radical (unpaired) electrons. The minimum absolute atomic E-state index is 0.0780. The highest BCUT2D eigenvalue weighted by molar-refractivity contribution is 7.07. The molecule has 228 valence electrons. The number of halogens is 2. The minimum Gasteiger partial charge on any atom is -0.493 e. The normalized spacial score (nSPS) is 14.8. The van der Waals surface area contributed by atoms with Gasteiger partial charge >= 0.3 is 5.97 Å². The highest BCUT2D eigenvalue weighted by Gasteiger charge is 2.34. The molecule has 0 N–H and O–H groups in total. The first-order valence-electron chi connectivity index (χ1n) is 14.2. The Labute approximate surface area is 269 Å². The van der Waals surface area contributed by atoms with Crippen LogP contribution in [0.5, 0.6) is 11.5 Å². The van der Waals surface area contributed by atoms with Crippen LogP contribution < -0.4 is 24.4 Å². The lowest BCUT2D eigenvalue weighted by atomic mass is 9.95. The van der Waals surface area contributed by atoms with Gasteiger partial charge in [0, 0.05) is 10.0 Å². The second-order valence-corrected chi connectivity index (χ2v) is 12.6. The van der Waals surface area contributed by atoms with E-state index in [4.69, 9.17) is 37.4 Å². The van der Waals surface area contributed by atoms with E-state index in [0.29, 0.717) is 60.2 Å². The largest absolute Gasteiger partial charge is 0.493 e. The molecule has 4 aromatic rings. The summed E-state index contributed by atoms with van der Waals surface area (Å²) in [6.07, 6.45) is 2.59. The number of hydrogen-bond donors (Lipinski definition) is 0. The average Bonchev–Trinajstić information content (AvgIpc) is 3.31. The number of hydrogen-bond acceptors (Lipinski definition) is 7. The maximum absolute atomic E-state index is 14.0. The van der Waals surface area contributed by atoms with Crippen molar-refractivity contribution in [3.8, 4) is 11.5 Å². The Hall–Kier alpha value is -3.85. The van der Waals surface area contributed by atoms with Crippen molar-refractivity contribution >= 4 is 46.6 Å². The van der Waals surface area contributed by atoms with E-state index >= 15 is 0 Å². The number of esters is 1. The Morgan fingerprint density at radius 1 is 1.07 bits per heavy atom. The maximum atomic E-state index is 14.0. The second kappa shape index (κ2) is 13.8. The first kappa shape index (κ1) is 31.6. The zero-order valence-corrected chi connectivity index (χ0v) is 27.1. The fraction of sp³-hybridized carbons (Fsp3) is 0.265. The smallest absolute Gasteiger partial charge is 0.338 e. The van der Waals surface area contributed by atoms with Crippen LogP contribution in [0.2, 0.25) is 10.0 Å². The lowest BCUT2D eigenvalue weighted by molar-refractivity contribution is -0.140. The molecule has 0 saturated carbocycles. The van der Waals surface area contributed by atoms with Gasteiger partial charge in [0.25, 0.3) is 5.56 Å². The molecule has 2 heterocycles. The number of allylic oxidation sites excluding steroid dienone is 1. The third-order valence-corrected chi connectivity index (χ3v) is 8.71. The van der Waals surface area contributed by atoms with Crippen LogP contribution in [0.15, 0.2) is 87.8 Å². The van der Waals surface area contributed by atoms with Gasteiger partial charge in [-0.05, 0) is 66.3 Å². The number of rotatable bonds is 10. The molecule has 1 atom stereocenters. The van der Waals surface area contributed by atoms with Crippen LogP contribution >= 0.6 is 34.5 Å². The number of carbonyl (C=O) groups excluding carboxylic acids is 1. The monoisotopic (exact) mass is 650 g/mol. The molecule has 7 nitrogen and oxygen atoms in total. The van der Waals surface area contributed by atoms with E-state index in [0.717, 1.165) is 12.0 Å². The molecule has 0 fully saturated rings. The van der Waals surface area contributed by atoms with Gasteiger partial charge < -0.3 is 14.2 Å². The molecule has 1 aliphatic heterocycles. The van der Waals surface area contributed by atoms with Crippen LogP contribution in [0.1, 0.15) is 49.9 Å². The minimum atomic E-state index is -0.823. The van der Waals surface area contributed by atoms with Gasteiger partial charge in [-0.1, -0.05) is 90.9 Å². The average molecular weight is 652 g/mol. The van der Waals surface area contributed by atoms with Crippen molar-refractivity contribution in [1.82, 2.24) is 4.57 Å². The topological polar surface area (TPSA) is 79.1 Å². The van der Waals surface area contributed by atoms with Crippen LogP contribution in [0, 0.1) is 5.92 Å². The lowest BCUT2D eigenvalue weighted by Crippen LogP contribution is -2.39. The van der Waals surface area contributed by atoms with Crippen molar-refractivity contribution in [2.24, 2.45) is 10.9 Å². The van der Waals surface area contributed by atoms with Gasteiger partial charge in [0.1, 0.15) is 6.61 Å².